The number of nitrogens with zero attached hydrogens (tertiary/aromatic N) is 4. The van der Waals surface area contributed by atoms with Crippen molar-refractivity contribution >= 4 is 11.8 Å². The number of carbonyl (C=O) groups excluding carboxylic acids is 2. The highest BCUT2D eigenvalue weighted by molar-refractivity contribution is 5.81. The van der Waals surface area contributed by atoms with Crippen LogP contribution in [0.1, 0.15) is 45.4 Å². The smallest absolute Gasteiger partial charge is 0.225 e. The van der Waals surface area contributed by atoms with Crippen molar-refractivity contribution in [3.05, 3.63) is 18.5 Å². The third-order valence-corrected chi connectivity index (χ3v) is 5.71. The second-order valence-electron chi connectivity index (χ2n) is 7.27. The Morgan fingerprint density at radius 3 is 2.44 bits per heavy atom. The van der Waals surface area contributed by atoms with E-state index < -0.39 is 0 Å². The molecule has 6 heteroatoms. The fourth-order valence-corrected chi connectivity index (χ4v) is 4.12. The Morgan fingerprint density at radius 2 is 1.84 bits per heavy atom. The molecule has 1 saturated carbocycles. The van der Waals surface area contributed by atoms with Crippen LogP contribution in [0.4, 0.5) is 0 Å². The van der Waals surface area contributed by atoms with E-state index in [4.69, 9.17) is 0 Å². The minimum absolute atomic E-state index is 0.0604. The third kappa shape index (κ3) is 4.41. The molecule has 2 amide bonds. The molecule has 1 aromatic rings. The van der Waals surface area contributed by atoms with Crippen molar-refractivity contribution in [3.63, 3.8) is 0 Å². The topological polar surface area (TPSA) is 58.4 Å². The first-order valence-corrected chi connectivity index (χ1v) is 9.74. The Bertz CT molecular complexity index is 558. The van der Waals surface area contributed by atoms with E-state index in [0.29, 0.717) is 12.5 Å². The van der Waals surface area contributed by atoms with Gasteiger partial charge in [0.1, 0.15) is 0 Å². The molecule has 2 aliphatic rings. The van der Waals surface area contributed by atoms with Gasteiger partial charge in [0.15, 0.2) is 0 Å². The summed E-state index contributed by atoms with van der Waals surface area (Å²) in [5.74, 6) is 0.871. The van der Waals surface area contributed by atoms with Crippen LogP contribution in [0.2, 0.25) is 0 Å². The van der Waals surface area contributed by atoms with E-state index in [9.17, 15) is 9.59 Å². The minimum Gasteiger partial charge on any atom is -0.342 e. The highest BCUT2D eigenvalue weighted by Gasteiger charge is 2.33. The summed E-state index contributed by atoms with van der Waals surface area (Å²) in [5.41, 5.74) is 0. The summed E-state index contributed by atoms with van der Waals surface area (Å²) in [6, 6.07) is 1.90. The summed E-state index contributed by atoms with van der Waals surface area (Å²) in [6.07, 6.45) is 9.76. The maximum absolute atomic E-state index is 12.8. The number of aromatic nitrogens is 2. The minimum atomic E-state index is 0.0604. The van der Waals surface area contributed by atoms with E-state index >= 15 is 0 Å². The van der Waals surface area contributed by atoms with E-state index in [1.165, 1.54) is 12.8 Å². The first kappa shape index (κ1) is 18.0. The van der Waals surface area contributed by atoms with Crippen LogP contribution in [0.25, 0.3) is 0 Å². The van der Waals surface area contributed by atoms with Crippen molar-refractivity contribution in [3.8, 4) is 0 Å². The molecule has 138 valence electrons. The van der Waals surface area contributed by atoms with E-state index in [1.807, 2.05) is 33.7 Å². The molecule has 0 N–H and O–H groups in total. The van der Waals surface area contributed by atoms with Crippen LogP contribution in [0, 0.1) is 11.8 Å². The van der Waals surface area contributed by atoms with Crippen LogP contribution in [0.3, 0.4) is 0 Å². The normalized spacial score (nSPS) is 19.3. The number of likely N-dealkylation sites (N-methyl/N-ethyl adjacent to an activating group) is 1. The van der Waals surface area contributed by atoms with Gasteiger partial charge in [-0.15, -0.1) is 0 Å². The molecule has 1 aromatic heterocycles. The average molecular weight is 346 g/mol. The van der Waals surface area contributed by atoms with Crippen molar-refractivity contribution in [1.29, 1.82) is 0 Å². The Labute approximate surface area is 150 Å². The Morgan fingerprint density at radius 1 is 1.12 bits per heavy atom. The zero-order valence-electron chi connectivity index (χ0n) is 15.3. The fraction of sp³-hybridized carbons (Fsp3) is 0.737. The molecule has 1 saturated heterocycles. The van der Waals surface area contributed by atoms with Crippen molar-refractivity contribution in [1.82, 2.24) is 19.6 Å². The SMILES string of the molecule is CCN(CCn1cccn1)C(=O)C1CCN(C(=O)C2CCCC2)CC1. The molecule has 0 aromatic carbocycles. The van der Waals surface area contributed by atoms with Crippen molar-refractivity contribution < 1.29 is 9.59 Å². The molecule has 6 nitrogen and oxygen atoms in total. The number of likely N-dealkylation sites (tertiary alicyclic amines) is 1. The molecule has 0 radical (unpaired) electrons. The molecule has 3 rings (SSSR count). The van der Waals surface area contributed by atoms with Gasteiger partial charge in [0.2, 0.25) is 11.8 Å². The van der Waals surface area contributed by atoms with Gasteiger partial charge in [-0.25, -0.2) is 0 Å². The molecule has 0 bridgehead atoms. The van der Waals surface area contributed by atoms with Crippen LogP contribution in [-0.2, 0) is 16.1 Å². The van der Waals surface area contributed by atoms with E-state index in [-0.39, 0.29) is 17.7 Å². The lowest BCUT2D eigenvalue weighted by Gasteiger charge is -2.35. The number of piperidine rings is 1. The summed E-state index contributed by atoms with van der Waals surface area (Å²) in [6.45, 7) is 5.65. The molecule has 2 heterocycles. The van der Waals surface area contributed by atoms with Gasteiger partial charge < -0.3 is 9.80 Å². The molecular weight excluding hydrogens is 316 g/mol. The highest BCUT2D eigenvalue weighted by atomic mass is 16.2. The lowest BCUT2D eigenvalue weighted by molar-refractivity contribution is -0.142. The molecule has 1 aliphatic carbocycles. The zero-order chi connectivity index (χ0) is 17.6. The molecule has 2 fully saturated rings. The Kier molecular flexibility index (Phi) is 6.10. The quantitative estimate of drug-likeness (QED) is 0.793. The standard InChI is InChI=1S/C19H30N4O2/c1-2-21(14-15-23-11-5-10-20-23)18(24)17-8-12-22(13-9-17)19(25)16-6-3-4-7-16/h5,10-11,16-17H,2-4,6-9,12-15H2,1H3. The van der Waals surface area contributed by atoms with Gasteiger partial charge in [-0.1, -0.05) is 12.8 Å². The Hall–Kier alpha value is -1.85. The van der Waals surface area contributed by atoms with Crippen molar-refractivity contribution in [2.24, 2.45) is 11.8 Å². The maximum atomic E-state index is 12.8. The highest BCUT2D eigenvalue weighted by Crippen LogP contribution is 2.28. The van der Waals surface area contributed by atoms with Gasteiger partial charge in [-0.3, -0.25) is 14.3 Å². The summed E-state index contributed by atoms with van der Waals surface area (Å²) >= 11 is 0. The van der Waals surface area contributed by atoms with Gasteiger partial charge in [0.05, 0.1) is 6.54 Å². The first-order chi connectivity index (χ1) is 12.2. The van der Waals surface area contributed by atoms with Crippen LogP contribution in [0.5, 0.6) is 0 Å². The summed E-state index contributed by atoms with van der Waals surface area (Å²) < 4.78 is 1.86. The molecule has 0 unspecified atom stereocenters. The van der Waals surface area contributed by atoms with Gasteiger partial charge in [0.25, 0.3) is 0 Å². The third-order valence-electron chi connectivity index (χ3n) is 5.71. The van der Waals surface area contributed by atoms with Crippen LogP contribution in [0.15, 0.2) is 18.5 Å². The fourth-order valence-electron chi connectivity index (χ4n) is 4.12. The summed E-state index contributed by atoms with van der Waals surface area (Å²) in [4.78, 5) is 29.3. The average Bonchev–Trinajstić information content (AvgIpc) is 3.35. The maximum Gasteiger partial charge on any atom is 0.225 e. The number of carbonyl (C=O) groups is 2. The molecule has 25 heavy (non-hydrogen) atoms. The lowest BCUT2D eigenvalue weighted by atomic mass is 9.94. The van der Waals surface area contributed by atoms with Crippen molar-refractivity contribution in [2.45, 2.75) is 52.0 Å². The predicted molar refractivity (Wildman–Crippen MR) is 95.7 cm³/mol. The predicted octanol–water partition coefficient (Wildman–Crippen LogP) is 2.16. The van der Waals surface area contributed by atoms with E-state index in [0.717, 1.165) is 51.9 Å². The zero-order valence-corrected chi connectivity index (χ0v) is 15.3. The summed E-state index contributed by atoms with van der Waals surface area (Å²) in [7, 11) is 0. The second-order valence-corrected chi connectivity index (χ2v) is 7.27. The Balaban J connectivity index is 1.47. The van der Waals surface area contributed by atoms with Crippen LogP contribution in [-0.4, -0.2) is 57.6 Å². The number of hydrogen-bond acceptors (Lipinski definition) is 3. The largest absolute Gasteiger partial charge is 0.342 e. The number of amides is 2. The summed E-state index contributed by atoms with van der Waals surface area (Å²) in [5, 5.41) is 4.20. The van der Waals surface area contributed by atoms with Gasteiger partial charge >= 0.3 is 0 Å². The molecule has 1 aliphatic heterocycles. The van der Waals surface area contributed by atoms with Crippen molar-refractivity contribution in [2.75, 3.05) is 26.2 Å². The van der Waals surface area contributed by atoms with Gasteiger partial charge in [-0.05, 0) is 38.7 Å². The van der Waals surface area contributed by atoms with E-state index in [1.54, 1.807) is 6.20 Å². The molecule has 0 spiro atoms. The molecular formula is C19H30N4O2. The lowest BCUT2D eigenvalue weighted by Crippen LogP contribution is -2.46. The monoisotopic (exact) mass is 346 g/mol. The second kappa shape index (κ2) is 8.50. The first-order valence-electron chi connectivity index (χ1n) is 9.74. The number of rotatable bonds is 6. The van der Waals surface area contributed by atoms with Crippen LogP contribution >= 0.6 is 0 Å². The molecule has 0 atom stereocenters. The number of hydrogen-bond donors (Lipinski definition) is 0. The van der Waals surface area contributed by atoms with Gasteiger partial charge in [-0.2, -0.15) is 5.10 Å². The van der Waals surface area contributed by atoms with E-state index in [2.05, 4.69) is 5.10 Å². The van der Waals surface area contributed by atoms with Gasteiger partial charge in [0, 0.05) is 50.4 Å². The van der Waals surface area contributed by atoms with Crippen LogP contribution < -0.4 is 0 Å².